The fourth-order valence-corrected chi connectivity index (χ4v) is 6.16. The van der Waals surface area contributed by atoms with Gasteiger partial charge in [-0.05, 0) is 58.7 Å². The summed E-state index contributed by atoms with van der Waals surface area (Å²) in [5, 5.41) is 28.9. The van der Waals surface area contributed by atoms with E-state index < -0.39 is 30.1 Å². The molecule has 2 aromatic rings. The van der Waals surface area contributed by atoms with Crippen molar-refractivity contribution in [2.75, 3.05) is 11.4 Å². The summed E-state index contributed by atoms with van der Waals surface area (Å²) in [6.07, 6.45) is 1.25. The van der Waals surface area contributed by atoms with Gasteiger partial charge in [0.15, 0.2) is 5.60 Å². The highest BCUT2D eigenvalue weighted by Crippen LogP contribution is 2.40. The lowest BCUT2D eigenvalue weighted by atomic mass is 9.96. The molecule has 2 fully saturated rings. The van der Waals surface area contributed by atoms with Gasteiger partial charge < -0.3 is 25.7 Å². The van der Waals surface area contributed by atoms with E-state index in [2.05, 4.69) is 10.6 Å². The third-order valence-electron chi connectivity index (χ3n) is 7.50. The number of halogens is 4. The Morgan fingerprint density at radius 2 is 1.78 bits per heavy atom. The van der Waals surface area contributed by atoms with Crippen molar-refractivity contribution in [1.82, 2.24) is 10.6 Å². The second kappa shape index (κ2) is 11.8. The van der Waals surface area contributed by atoms with Crippen LogP contribution in [0.2, 0.25) is 10.0 Å². The van der Waals surface area contributed by atoms with Crippen molar-refractivity contribution in [2.45, 2.75) is 89.1 Å². The first-order valence-electron chi connectivity index (χ1n) is 13.4. The number of aromatic nitrogens is 1. The molecule has 3 N–H and O–H groups in total. The first-order valence-corrected chi connectivity index (χ1v) is 14.1. The summed E-state index contributed by atoms with van der Waals surface area (Å²) < 4.78 is 31.4. The van der Waals surface area contributed by atoms with Crippen molar-refractivity contribution in [3.05, 3.63) is 56.8 Å². The van der Waals surface area contributed by atoms with Gasteiger partial charge in [0.05, 0.1) is 34.8 Å². The van der Waals surface area contributed by atoms with Crippen LogP contribution in [-0.2, 0) is 10.4 Å². The number of amides is 2. The van der Waals surface area contributed by atoms with Crippen molar-refractivity contribution in [3.63, 3.8) is 0 Å². The molecule has 9 nitrogen and oxygen atoms in total. The summed E-state index contributed by atoms with van der Waals surface area (Å²) in [5.74, 6) is -0.498. The van der Waals surface area contributed by atoms with E-state index in [0.717, 1.165) is 19.0 Å². The monoisotopic (exact) mass is 614 g/mol. The van der Waals surface area contributed by atoms with Gasteiger partial charge in [0.2, 0.25) is 0 Å². The second-order valence-corrected chi connectivity index (χ2v) is 12.4. The summed E-state index contributed by atoms with van der Waals surface area (Å²) in [6, 6.07) is 5.80. The van der Waals surface area contributed by atoms with Crippen LogP contribution in [0.15, 0.2) is 30.5 Å². The van der Waals surface area contributed by atoms with Crippen LogP contribution < -0.4 is 25.0 Å². The lowest BCUT2D eigenvalue weighted by Crippen LogP contribution is -2.56. The Morgan fingerprint density at radius 3 is 2.34 bits per heavy atom. The van der Waals surface area contributed by atoms with Crippen LogP contribution in [0, 0.1) is 5.21 Å². The zero-order valence-electron chi connectivity index (χ0n) is 23.2. The predicted octanol–water partition coefficient (Wildman–Crippen LogP) is 4.32. The van der Waals surface area contributed by atoms with E-state index in [1.165, 1.54) is 24.3 Å². The Hall–Kier alpha value is -2.89. The van der Waals surface area contributed by atoms with Crippen molar-refractivity contribution >= 4 is 40.8 Å². The molecule has 3 heterocycles. The number of anilines is 1. The minimum absolute atomic E-state index is 0.00316. The highest BCUT2D eigenvalue weighted by atomic mass is 35.5. The van der Waals surface area contributed by atoms with Crippen LogP contribution in [0.5, 0.6) is 5.75 Å². The molecule has 0 saturated carbocycles. The van der Waals surface area contributed by atoms with Gasteiger partial charge in [0, 0.05) is 35.5 Å². The standard InChI is InChI=1S/C28H34Cl2F2N4O5/c1-27(2,39)19-11-22(21(30)12-20(19)29)41-28(3,4)26(38)34-16-9-17-6-7-18(10-16)36(17)24-8-5-15(14-35(24)40)25(37)33-13-23(31)32/h5,8,11-12,14,16-18,23,39H,6-7,9-10,13H2,1-4H3,(H,33,37)(H,34,38)/t16?,17-,18+. The van der Waals surface area contributed by atoms with E-state index in [1.807, 2.05) is 4.90 Å². The van der Waals surface area contributed by atoms with Crippen molar-refractivity contribution < 1.29 is 32.9 Å². The van der Waals surface area contributed by atoms with E-state index in [0.29, 0.717) is 29.0 Å². The van der Waals surface area contributed by atoms with Gasteiger partial charge in [-0.2, -0.15) is 0 Å². The predicted molar refractivity (Wildman–Crippen MR) is 151 cm³/mol. The molecular formula is C28H34Cl2F2N4O5. The average molecular weight is 616 g/mol. The maximum Gasteiger partial charge on any atom is 0.280 e. The zero-order chi connectivity index (χ0) is 30.3. The molecule has 41 heavy (non-hydrogen) atoms. The number of aliphatic hydroxyl groups is 1. The smallest absolute Gasteiger partial charge is 0.280 e. The molecule has 2 saturated heterocycles. The van der Waals surface area contributed by atoms with Gasteiger partial charge in [0.25, 0.3) is 24.1 Å². The van der Waals surface area contributed by atoms with Gasteiger partial charge in [-0.3, -0.25) is 14.5 Å². The minimum Gasteiger partial charge on any atom is -0.711 e. The van der Waals surface area contributed by atoms with Crippen LogP contribution in [0.3, 0.4) is 0 Å². The summed E-state index contributed by atoms with van der Waals surface area (Å²) in [5.41, 5.74) is -2.14. The van der Waals surface area contributed by atoms with E-state index in [9.17, 15) is 28.7 Å². The molecular weight excluding hydrogens is 581 g/mol. The molecule has 2 amide bonds. The lowest BCUT2D eigenvalue weighted by Gasteiger charge is -2.37. The molecule has 1 aromatic heterocycles. The van der Waals surface area contributed by atoms with E-state index in [4.69, 9.17) is 27.9 Å². The highest BCUT2D eigenvalue weighted by Gasteiger charge is 2.48. The number of nitrogens with one attached hydrogen (secondary N) is 2. The number of rotatable bonds is 9. The minimum atomic E-state index is -2.69. The summed E-state index contributed by atoms with van der Waals surface area (Å²) >= 11 is 12.6. The van der Waals surface area contributed by atoms with E-state index >= 15 is 0 Å². The van der Waals surface area contributed by atoms with Crippen LogP contribution in [0.25, 0.3) is 0 Å². The fraction of sp³-hybridized carbons (Fsp3) is 0.536. The number of pyridine rings is 1. The molecule has 1 aromatic carbocycles. The molecule has 3 atom stereocenters. The maximum atomic E-state index is 13.3. The number of nitrogens with zero attached hydrogens (tertiary/aromatic N) is 2. The topological polar surface area (TPSA) is 118 Å². The number of carbonyl (C=O) groups is 2. The van der Waals surface area contributed by atoms with Gasteiger partial charge in [-0.15, -0.1) is 0 Å². The molecule has 13 heteroatoms. The Balaban J connectivity index is 1.42. The molecule has 0 spiro atoms. The van der Waals surface area contributed by atoms with Crippen molar-refractivity contribution in [3.8, 4) is 5.75 Å². The Bertz CT molecular complexity index is 1310. The second-order valence-electron chi connectivity index (χ2n) is 11.6. The van der Waals surface area contributed by atoms with Gasteiger partial charge in [0.1, 0.15) is 11.9 Å². The van der Waals surface area contributed by atoms with Crippen LogP contribution in [0.1, 0.15) is 69.3 Å². The molecule has 224 valence electrons. The molecule has 4 rings (SSSR count). The number of alkyl halides is 2. The van der Waals surface area contributed by atoms with Gasteiger partial charge in [-0.1, -0.05) is 23.2 Å². The van der Waals surface area contributed by atoms with Crippen molar-refractivity contribution in [2.24, 2.45) is 0 Å². The molecule has 1 unspecified atom stereocenters. The van der Waals surface area contributed by atoms with Crippen LogP contribution in [-0.4, -0.2) is 53.6 Å². The number of hydrogen-bond acceptors (Lipinski definition) is 6. The Labute approximate surface area is 247 Å². The lowest BCUT2D eigenvalue weighted by molar-refractivity contribution is -0.592. The van der Waals surface area contributed by atoms with E-state index in [-0.39, 0.29) is 45.4 Å². The van der Waals surface area contributed by atoms with Crippen LogP contribution >= 0.6 is 23.2 Å². The van der Waals surface area contributed by atoms with Crippen molar-refractivity contribution in [1.29, 1.82) is 0 Å². The SMILES string of the molecule is CC(C)(Oc1cc(C(C)(C)O)c(Cl)cc1Cl)C(=O)NC1C[C@H]2CC[C@@H](C1)N2c1ccc(C(=O)NCC(F)F)c[n+]1[O-]. The first-order chi connectivity index (χ1) is 19.1. The number of piperidine rings is 1. The third-order valence-corrected chi connectivity index (χ3v) is 8.11. The normalized spacial score (nSPS) is 20.7. The number of carbonyl (C=O) groups excluding carboxylic acids is 2. The van der Waals surface area contributed by atoms with E-state index in [1.54, 1.807) is 27.7 Å². The number of ether oxygens (including phenoxy) is 1. The quantitative estimate of drug-likeness (QED) is 0.286. The third kappa shape index (κ3) is 6.95. The van der Waals surface area contributed by atoms with Gasteiger partial charge in [-0.25, -0.2) is 13.5 Å². The summed E-state index contributed by atoms with van der Waals surface area (Å²) in [7, 11) is 0. The molecule has 0 radical (unpaired) electrons. The largest absolute Gasteiger partial charge is 0.711 e. The molecule has 2 bridgehead atoms. The van der Waals surface area contributed by atoms with Crippen LogP contribution in [0.4, 0.5) is 14.6 Å². The summed E-state index contributed by atoms with van der Waals surface area (Å²) in [4.78, 5) is 27.4. The number of hydrogen-bond donors (Lipinski definition) is 3. The maximum absolute atomic E-state index is 13.3. The van der Waals surface area contributed by atoms with Gasteiger partial charge >= 0.3 is 0 Å². The Kier molecular flexibility index (Phi) is 8.92. The number of benzene rings is 1. The molecule has 2 aliphatic rings. The molecule has 2 aliphatic heterocycles. The number of fused-ring (bicyclic) bond motifs is 2. The molecule has 0 aliphatic carbocycles. The first kappa shape index (κ1) is 31.1. The average Bonchev–Trinajstić information content (AvgIpc) is 3.12. The highest BCUT2D eigenvalue weighted by molar-refractivity contribution is 6.36. The zero-order valence-corrected chi connectivity index (χ0v) is 24.7. The Morgan fingerprint density at radius 1 is 1.15 bits per heavy atom. The fourth-order valence-electron chi connectivity index (χ4n) is 5.50. The summed E-state index contributed by atoms with van der Waals surface area (Å²) in [6.45, 7) is 5.63.